The first-order valence-corrected chi connectivity index (χ1v) is 5.65. The molecule has 0 spiro atoms. The molecule has 1 saturated heterocycles. The maximum atomic E-state index is 12.2. The Bertz CT molecular complexity index is 395. The molecule has 2 heterocycles. The Labute approximate surface area is 96.2 Å². The minimum atomic E-state index is 0.0130. The zero-order valence-electron chi connectivity index (χ0n) is 10.2. The third kappa shape index (κ3) is 2.11. The van der Waals surface area contributed by atoms with Gasteiger partial charge in [0.15, 0.2) is 0 Å². The lowest BCUT2D eigenvalue weighted by Crippen LogP contribution is -2.58. The van der Waals surface area contributed by atoms with Gasteiger partial charge >= 0.3 is 0 Å². The van der Waals surface area contributed by atoms with Crippen LogP contribution in [-0.4, -0.2) is 40.5 Å². The fourth-order valence-corrected chi connectivity index (χ4v) is 2.16. The Morgan fingerprint density at radius 1 is 1.50 bits per heavy atom. The second kappa shape index (κ2) is 3.94. The molecule has 0 atom stereocenters. The van der Waals surface area contributed by atoms with E-state index in [1.807, 2.05) is 34.8 Å². The first-order chi connectivity index (χ1) is 7.49. The van der Waals surface area contributed by atoms with Crippen LogP contribution in [0.2, 0.25) is 0 Å². The Kier molecular flexibility index (Phi) is 2.76. The number of hydrogen-bond acceptors (Lipinski definition) is 2. The molecule has 1 aromatic heterocycles. The SMILES string of the molecule is Cn1cccc1C(=O)N1CCNC(C)(C)C1. The van der Waals surface area contributed by atoms with Crippen LogP contribution >= 0.6 is 0 Å². The molecule has 1 amide bonds. The Balaban J connectivity index is 2.14. The summed E-state index contributed by atoms with van der Waals surface area (Å²) < 4.78 is 1.87. The summed E-state index contributed by atoms with van der Waals surface area (Å²) >= 11 is 0. The highest BCUT2D eigenvalue weighted by molar-refractivity contribution is 5.92. The summed E-state index contributed by atoms with van der Waals surface area (Å²) in [5, 5.41) is 3.40. The summed E-state index contributed by atoms with van der Waals surface area (Å²) in [6, 6.07) is 3.78. The van der Waals surface area contributed by atoms with Crippen LogP contribution < -0.4 is 5.32 Å². The lowest BCUT2D eigenvalue weighted by Gasteiger charge is -2.39. The van der Waals surface area contributed by atoms with E-state index in [9.17, 15) is 4.79 Å². The van der Waals surface area contributed by atoms with Crippen LogP contribution in [0.3, 0.4) is 0 Å². The lowest BCUT2D eigenvalue weighted by molar-refractivity contribution is 0.0642. The summed E-state index contributed by atoms with van der Waals surface area (Å²) in [6.07, 6.45) is 1.90. The number of nitrogens with one attached hydrogen (secondary N) is 1. The second-order valence-corrected chi connectivity index (χ2v) is 5.04. The van der Waals surface area contributed by atoms with Crippen molar-refractivity contribution in [1.29, 1.82) is 0 Å². The molecule has 0 saturated carbocycles. The molecule has 1 aliphatic heterocycles. The first-order valence-electron chi connectivity index (χ1n) is 5.65. The maximum absolute atomic E-state index is 12.2. The smallest absolute Gasteiger partial charge is 0.270 e. The van der Waals surface area contributed by atoms with Gasteiger partial charge in [0, 0.05) is 38.4 Å². The molecule has 16 heavy (non-hydrogen) atoms. The van der Waals surface area contributed by atoms with Crippen LogP contribution in [0.4, 0.5) is 0 Å². The fraction of sp³-hybridized carbons (Fsp3) is 0.583. The second-order valence-electron chi connectivity index (χ2n) is 5.04. The van der Waals surface area contributed by atoms with E-state index in [1.165, 1.54) is 0 Å². The highest BCUT2D eigenvalue weighted by Gasteiger charge is 2.29. The van der Waals surface area contributed by atoms with Crippen molar-refractivity contribution in [1.82, 2.24) is 14.8 Å². The topological polar surface area (TPSA) is 37.3 Å². The van der Waals surface area contributed by atoms with Crippen molar-refractivity contribution in [2.24, 2.45) is 7.05 Å². The van der Waals surface area contributed by atoms with Crippen molar-refractivity contribution >= 4 is 5.91 Å². The highest BCUT2D eigenvalue weighted by Crippen LogP contribution is 2.13. The summed E-state index contributed by atoms with van der Waals surface area (Å²) in [4.78, 5) is 14.2. The molecule has 1 aromatic rings. The number of carbonyl (C=O) groups excluding carboxylic acids is 1. The Morgan fingerprint density at radius 3 is 2.81 bits per heavy atom. The van der Waals surface area contributed by atoms with Crippen molar-refractivity contribution in [3.8, 4) is 0 Å². The Morgan fingerprint density at radius 2 is 2.25 bits per heavy atom. The largest absolute Gasteiger partial charge is 0.347 e. The molecule has 4 nitrogen and oxygen atoms in total. The predicted octanol–water partition coefficient (Wildman–Crippen LogP) is 0.849. The molecule has 1 N–H and O–H groups in total. The van der Waals surface area contributed by atoms with Crippen molar-refractivity contribution in [2.75, 3.05) is 19.6 Å². The predicted molar refractivity (Wildman–Crippen MR) is 63.4 cm³/mol. The van der Waals surface area contributed by atoms with Crippen LogP contribution in [0.5, 0.6) is 0 Å². The minimum absolute atomic E-state index is 0.0130. The third-order valence-corrected chi connectivity index (χ3v) is 3.02. The third-order valence-electron chi connectivity index (χ3n) is 3.02. The Hall–Kier alpha value is -1.29. The van der Waals surface area contributed by atoms with Gasteiger partial charge in [-0.1, -0.05) is 0 Å². The van der Waals surface area contributed by atoms with Gasteiger partial charge in [-0.2, -0.15) is 0 Å². The van der Waals surface area contributed by atoms with Crippen LogP contribution in [0, 0.1) is 0 Å². The summed E-state index contributed by atoms with van der Waals surface area (Å²) in [5.74, 6) is 0.127. The van der Waals surface area contributed by atoms with E-state index < -0.39 is 0 Å². The highest BCUT2D eigenvalue weighted by atomic mass is 16.2. The summed E-state index contributed by atoms with van der Waals surface area (Å²) in [6.45, 7) is 6.66. The van der Waals surface area contributed by atoms with Gasteiger partial charge in [0.1, 0.15) is 5.69 Å². The van der Waals surface area contributed by atoms with E-state index in [0.29, 0.717) is 0 Å². The average Bonchev–Trinajstić information content (AvgIpc) is 2.62. The fourth-order valence-electron chi connectivity index (χ4n) is 2.16. The number of aromatic nitrogens is 1. The van der Waals surface area contributed by atoms with E-state index in [4.69, 9.17) is 0 Å². The van der Waals surface area contributed by atoms with Gasteiger partial charge in [-0.05, 0) is 26.0 Å². The molecule has 2 rings (SSSR count). The summed E-state index contributed by atoms with van der Waals surface area (Å²) in [7, 11) is 1.90. The number of piperazine rings is 1. The van der Waals surface area contributed by atoms with Crippen LogP contribution in [0.15, 0.2) is 18.3 Å². The van der Waals surface area contributed by atoms with E-state index in [2.05, 4.69) is 19.2 Å². The molecule has 4 heteroatoms. The molecular weight excluding hydrogens is 202 g/mol. The molecule has 0 radical (unpaired) electrons. The lowest BCUT2D eigenvalue weighted by atomic mass is 10.0. The van der Waals surface area contributed by atoms with Gasteiger partial charge in [0.2, 0.25) is 0 Å². The van der Waals surface area contributed by atoms with Crippen LogP contribution in [0.25, 0.3) is 0 Å². The first kappa shape index (κ1) is 11.2. The molecule has 1 aliphatic rings. The zero-order chi connectivity index (χ0) is 11.8. The van der Waals surface area contributed by atoms with E-state index in [0.717, 1.165) is 25.3 Å². The molecule has 88 valence electrons. The van der Waals surface area contributed by atoms with Gasteiger partial charge in [0.25, 0.3) is 5.91 Å². The number of hydrogen-bond donors (Lipinski definition) is 1. The normalized spacial score (nSPS) is 19.8. The van der Waals surface area contributed by atoms with Gasteiger partial charge in [-0.3, -0.25) is 4.79 Å². The standard InChI is InChI=1S/C12H19N3O/c1-12(2)9-15(8-6-13-12)11(16)10-5-4-7-14(10)3/h4-5,7,13H,6,8-9H2,1-3H3. The molecule has 0 aliphatic carbocycles. The molecule has 0 bridgehead atoms. The van der Waals surface area contributed by atoms with Crippen molar-refractivity contribution in [3.63, 3.8) is 0 Å². The quantitative estimate of drug-likeness (QED) is 0.763. The number of carbonyl (C=O) groups is 1. The monoisotopic (exact) mass is 221 g/mol. The van der Waals surface area contributed by atoms with Crippen molar-refractivity contribution in [3.05, 3.63) is 24.0 Å². The van der Waals surface area contributed by atoms with Gasteiger partial charge < -0.3 is 14.8 Å². The number of amides is 1. The van der Waals surface area contributed by atoms with Gasteiger partial charge in [-0.25, -0.2) is 0 Å². The number of aryl methyl sites for hydroxylation is 1. The van der Waals surface area contributed by atoms with Gasteiger partial charge in [0.05, 0.1) is 0 Å². The van der Waals surface area contributed by atoms with Gasteiger partial charge in [-0.15, -0.1) is 0 Å². The van der Waals surface area contributed by atoms with E-state index in [-0.39, 0.29) is 11.4 Å². The summed E-state index contributed by atoms with van der Waals surface area (Å²) in [5.41, 5.74) is 0.775. The van der Waals surface area contributed by atoms with Crippen LogP contribution in [-0.2, 0) is 7.05 Å². The molecular formula is C12H19N3O. The van der Waals surface area contributed by atoms with Crippen molar-refractivity contribution in [2.45, 2.75) is 19.4 Å². The van der Waals surface area contributed by atoms with Crippen molar-refractivity contribution < 1.29 is 4.79 Å². The average molecular weight is 221 g/mol. The maximum Gasteiger partial charge on any atom is 0.270 e. The zero-order valence-corrected chi connectivity index (χ0v) is 10.2. The molecule has 0 aromatic carbocycles. The number of rotatable bonds is 1. The van der Waals surface area contributed by atoms with E-state index >= 15 is 0 Å². The minimum Gasteiger partial charge on any atom is -0.347 e. The van der Waals surface area contributed by atoms with E-state index in [1.54, 1.807) is 0 Å². The molecule has 0 unspecified atom stereocenters. The number of nitrogens with zero attached hydrogens (tertiary/aromatic N) is 2. The molecule has 1 fully saturated rings. The van der Waals surface area contributed by atoms with Crippen LogP contribution in [0.1, 0.15) is 24.3 Å².